The number of hydrogen-bond acceptors (Lipinski definition) is 5. The standard InChI is InChI=1S/C24H25FN4O2S/c1-15(2)29-23(16(3)31-22-12-8-6-10-19(22)25)26-27-24(29)32-14-21(30)18-13-28(4)20-11-7-5-9-17(18)20/h5-13,15-16H,14H2,1-4H3. The van der Waals surface area contributed by atoms with Crippen molar-refractivity contribution in [3.05, 3.63) is 71.9 Å². The summed E-state index contributed by atoms with van der Waals surface area (Å²) >= 11 is 1.34. The summed E-state index contributed by atoms with van der Waals surface area (Å²) in [4.78, 5) is 13.0. The molecule has 0 saturated carbocycles. The number of ketones is 1. The number of hydrogen-bond donors (Lipinski definition) is 0. The molecule has 0 fully saturated rings. The van der Waals surface area contributed by atoms with Crippen LogP contribution in [0.5, 0.6) is 5.75 Å². The van der Waals surface area contributed by atoms with Crippen LogP contribution in [-0.4, -0.2) is 30.9 Å². The number of aromatic nitrogens is 4. The van der Waals surface area contributed by atoms with Crippen LogP contribution in [0.15, 0.2) is 59.9 Å². The number of aryl methyl sites for hydroxylation is 1. The minimum atomic E-state index is -0.509. The molecular formula is C24H25FN4O2S. The fourth-order valence-corrected chi connectivity index (χ4v) is 4.66. The van der Waals surface area contributed by atoms with Crippen molar-refractivity contribution in [1.82, 2.24) is 19.3 Å². The predicted molar refractivity (Wildman–Crippen MR) is 124 cm³/mol. The third-order valence-electron chi connectivity index (χ3n) is 5.24. The number of nitrogens with zero attached hydrogens (tertiary/aromatic N) is 4. The molecule has 8 heteroatoms. The van der Waals surface area contributed by atoms with Crippen molar-refractivity contribution in [3.8, 4) is 5.75 Å². The second kappa shape index (κ2) is 9.16. The van der Waals surface area contributed by atoms with Gasteiger partial charge in [0.1, 0.15) is 0 Å². The number of rotatable bonds is 8. The zero-order chi connectivity index (χ0) is 22.8. The molecule has 0 aliphatic heterocycles. The summed E-state index contributed by atoms with van der Waals surface area (Å²) in [5.74, 6) is 0.594. The zero-order valence-corrected chi connectivity index (χ0v) is 19.3. The van der Waals surface area contributed by atoms with E-state index in [2.05, 4.69) is 10.2 Å². The molecule has 4 rings (SSSR count). The third kappa shape index (κ3) is 4.27. The topological polar surface area (TPSA) is 61.9 Å². The normalized spacial score (nSPS) is 12.4. The highest BCUT2D eigenvalue weighted by Crippen LogP contribution is 2.29. The van der Waals surface area contributed by atoms with Crippen molar-refractivity contribution in [2.75, 3.05) is 5.75 Å². The first kappa shape index (κ1) is 22.1. The van der Waals surface area contributed by atoms with Crippen molar-refractivity contribution in [3.63, 3.8) is 0 Å². The minimum Gasteiger partial charge on any atom is -0.480 e. The number of carbonyl (C=O) groups excluding carboxylic acids is 1. The fraction of sp³-hybridized carbons (Fsp3) is 0.292. The summed E-state index contributed by atoms with van der Waals surface area (Å²) in [7, 11) is 1.94. The second-order valence-corrected chi connectivity index (χ2v) is 8.82. The lowest BCUT2D eigenvalue weighted by atomic mass is 10.1. The highest BCUT2D eigenvalue weighted by Gasteiger charge is 2.23. The number of Topliss-reactive ketones (excluding diaryl/α,β-unsaturated/α-hetero) is 1. The molecular weight excluding hydrogens is 427 g/mol. The Morgan fingerprint density at radius 1 is 1.09 bits per heavy atom. The Morgan fingerprint density at radius 2 is 1.81 bits per heavy atom. The van der Waals surface area contributed by atoms with Gasteiger partial charge in [-0.25, -0.2) is 4.39 Å². The van der Waals surface area contributed by atoms with Crippen LogP contribution in [0.4, 0.5) is 4.39 Å². The van der Waals surface area contributed by atoms with Gasteiger partial charge in [-0.2, -0.15) is 0 Å². The average Bonchev–Trinajstić information content (AvgIpc) is 3.35. The molecule has 0 aliphatic rings. The van der Waals surface area contributed by atoms with Gasteiger partial charge in [0, 0.05) is 35.8 Å². The van der Waals surface area contributed by atoms with Crippen molar-refractivity contribution >= 4 is 28.4 Å². The summed E-state index contributed by atoms with van der Waals surface area (Å²) in [5, 5.41) is 10.2. The van der Waals surface area contributed by atoms with Crippen LogP contribution in [0.2, 0.25) is 0 Å². The Balaban J connectivity index is 1.53. The molecule has 0 radical (unpaired) electrons. The molecule has 2 aromatic heterocycles. The average molecular weight is 453 g/mol. The Kier molecular flexibility index (Phi) is 6.32. The maximum atomic E-state index is 14.0. The van der Waals surface area contributed by atoms with E-state index in [9.17, 15) is 9.18 Å². The molecule has 6 nitrogen and oxygen atoms in total. The van der Waals surface area contributed by atoms with Crippen LogP contribution in [-0.2, 0) is 7.05 Å². The van der Waals surface area contributed by atoms with E-state index in [1.165, 1.54) is 17.8 Å². The van der Waals surface area contributed by atoms with Gasteiger partial charge in [0.2, 0.25) is 0 Å². The number of para-hydroxylation sites is 2. The predicted octanol–water partition coefficient (Wildman–Crippen LogP) is 5.60. The largest absolute Gasteiger partial charge is 0.480 e. The Morgan fingerprint density at radius 3 is 2.56 bits per heavy atom. The number of benzene rings is 2. The molecule has 0 amide bonds. The Hall–Kier alpha value is -3.13. The number of fused-ring (bicyclic) bond motifs is 1. The van der Waals surface area contributed by atoms with E-state index in [-0.39, 0.29) is 23.3 Å². The van der Waals surface area contributed by atoms with E-state index in [0.717, 1.165) is 10.9 Å². The molecule has 0 saturated heterocycles. The number of ether oxygens (including phenoxy) is 1. The van der Waals surface area contributed by atoms with Gasteiger partial charge in [0.25, 0.3) is 0 Å². The van der Waals surface area contributed by atoms with Crippen molar-refractivity contribution < 1.29 is 13.9 Å². The highest BCUT2D eigenvalue weighted by molar-refractivity contribution is 7.99. The highest BCUT2D eigenvalue weighted by atomic mass is 32.2. The van der Waals surface area contributed by atoms with Crippen LogP contribution < -0.4 is 4.74 Å². The fourth-order valence-electron chi connectivity index (χ4n) is 3.70. The molecule has 0 N–H and O–H groups in total. The number of carbonyl (C=O) groups is 1. The van der Waals surface area contributed by atoms with Gasteiger partial charge in [0.05, 0.1) is 5.75 Å². The first-order valence-corrected chi connectivity index (χ1v) is 11.4. The van der Waals surface area contributed by atoms with Gasteiger partial charge in [-0.3, -0.25) is 4.79 Å². The van der Waals surface area contributed by atoms with Crippen molar-refractivity contribution in [2.24, 2.45) is 7.05 Å². The van der Waals surface area contributed by atoms with E-state index in [1.807, 2.05) is 67.4 Å². The SMILES string of the molecule is CC(Oc1ccccc1F)c1nnc(SCC(=O)c2cn(C)c3ccccc23)n1C(C)C. The lowest BCUT2D eigenvalue weighted by molar-refractivity contribution is 0.102. The second-order valence-electron chi connectivity index (χ2n) is 7.88. The quantitative estimate of drug-likeness (QED) is 0.257. The van der Waals surface area contributed by atoms with E-state index in [1.54, 1.807) is 18.2 Å². The van der Waals surface area contributed by atoms with Gasteiger partial charge in [-0.1, -0.05) is 42.1 Å². The van der Waals surface area contributed by atoms with Gasteiger partial charge >= 0.3 is 0 Å². The molecule has 2 heterocycles. The zero-order valence-electron chi connectivity index (χ0n) is 18.4. The van der Waals surface area contributed by atoms with Crippen LogP contribution >= 0.6 is 11.8 Å². The van der Waals surface area contributed by atoms with E-state index >= 15 is 0 Å². The van der Waals surface area contributed by atoms with Gasteiger partial charge in [0.15, 0.2) is 34.4 Å². The molecule has 1 unspecified atom stereocenters. The van der Waals surface area contributed by atoms with E-state index in [0.29, 0.717) is 16.5 Å². The van der Waals surface area contributed by atoms with E-state index < -0.39 is 11.9 Å². The number of halogens is 1. The summed E-state index contributed by atoms with van der Waals surface area (Å²) in [6.45, 7) is 5.84. The summed E-state index contributed by atoms with van der Waals surface area (Å²) in [5.41, 5.74) is 1.72. The molecule has 0 bridgehead atoms. The summed E-state index contributed by atoms with van der Waals surface area (Å²) < 4.78 is 23.7. The first-order chi connectivity index (χ1) is 15.4. The van der Waals surface area contributed by atoms with Crippen LogP contribution in [0, 0.1) is 5.82 Å². The van der Waals surface area contributed by atoms with Crippen molar-refractivity contribution in [1.29, 1.82) is 0 Å². The molecule has 2 aromatic carbocycles. The van der Waals surface area contributed by atoms with Crippen LogP contribution in [0.25, 0.3) is 10.9 Å². The van der Waals surface area contributed by atoms with Crippen molar-refractivity contribution in [2.45, 2.75) is 38.1 Å². The Bertz CT molecular complexity index is 1260. The first-order valence-electron chi connectivity index (χ1n) is 10.4. The monoisotopic (exact) mass is 452 g/mol. The molecule has 0 spiro atoms. The lowest BCUT2D eigenvalue weighted by Crippen LogP contribution is -2.15. The van der Waals surface area contributed by atoms with Crippen LogP contribution in [0.1, 0.15) is 49.1 Å². The summed E-state index contributed by atoms with van der Waals surface area (Å²) in [6.07, 6.45) is 1.36. The molecule has 1 atom stereocenters. The maximum absolute atomic E-state index is 14.0. The molecule has 4 aromatic rings. The van der Waals surface area contributed by atoms with Gasteiger partial charge in [-0.05, 0) is 39.0 Å². The minimum absolute atomic E-state index is 0.0299. The number of thioether (sulfide) groups is 1. The molecule has 0 aliphatic carbocycles. The third-order valence-corrected chi connectivity index (χ3v) is 6.18. The van der Waals surface area contributed by atoms with Crippen LogP contribution in [0.3, 0.4) is 0 Å². The Labute approximate surface area is 190 Å². The van der Waals surface area contributed by atoms with Gasteiger partial charge < -0.3 is 13.9 Å². The van der Waals surface area contributed by atoms with Gasteiger partial charge in [-0.15, -0.1) is 10.2 Å². The lowest BCUT2D eigenvalue weighted by Gasteiger charge is -2.19. The van der Waals surface area contributed by atoms with E-state index in [4.69, 9.17) is 4.74 Å². The summed E-state index contributed by atoms with van der Waals surface area (Å²) in [6, 6.07) is 14.2. The smallest absolute Gasteiger partial charge is 0.192 e. The molecule has 166 valence electrons. The molecule has 32 heavy (non-hydrogen) atoms. The maximum Gasteiger partial charge on any atom is 0.192 e.